The Hall–Kier alpha value is -0.800. The molecule has 2 atom stereocenters. The van der Waals surface area contributed by atoms with Gasteiger partial charge >= 0.3 is 0 Å². The molecule has 532 valence electrons. The molecule has 0 bridgehead atoms. The van der Waals surface area contributed by atoms with Gasteiger partial charge in [-0.1, -0.05) is 362 Å². The maximum atomic E-state index is 6.68. The molecule has 89 heavy (non-hydrogen) atoms. The number of allylic oxidation sites excluding steroid dienone is 2. The minimum atomic E-state index is -0.379. The van der Waals surface area contributed by atoms with E-state index in [2.05, 4.69) is 65.8 Å². The number of ether oxygens (including phenoxy) is 7. The fraction of sp³-hybridized carbons (Fsp3) is 0.951. The highest BCUT2D eigenvalue weighted by Gasteiger charge is 2.15. The summed E-state index contributed by atoms with van der Waals surface area (Å²) in [5, 5.41) is 0. The van der Waals surface area contributed by atoms with Crippen LogP contribution in [-0.4, -0.2) is 64.8 Å². The van der Waals surface area contributed by atoms with E-state index in [0.717, 1.165) is 78.2 Å². The van der Waals surface area contributed by atoms with Crippen molar-refractivity contribution >= 4 is 0 Å². The fourth-order valence-electron chi connectivity index (χ4n) is 12.1. The van der Waals surface area contributed by atoms with Gasteiger partial charge < -0.3 is 33.2 Å². The molecule has 0 aromatic rings. The molecule has 0 aromatic heterocycles. The van der Waals surface area contributed by atoms with E-state index in [1.54, 1.807) is 0 Å². The molecular weight excluding hydrogens is 1100 g/mol. The van der Waals surface area contributed by atoms with E-state index < -0.39 is 0 Å². The van der Waals surface area contributed by atoms with Gasteiger partial charge in [0.25, 0.3) is 0 Å². The van der Waals surface area contributed by atoms with Crippen LogP contribution in [0.5, 0.6) is 0 Å². The van der Waals surface area contributed by atoms with Crippen LogP contribution in [0.3, 0.4) is 0 Å². The number of hydrogen-bond donors (Lipinski definition) is 0. The van der Waals surface area contributed by atoms with Crippen LogP contribution in [0.15, 0.2) is 24.3 Å². The normalized spacial score (nSPS) is 12.9. The number of unbranched alkanes of at least 4 members (excludes halogenated alkanes) is 52. The van der Waals surface area contributed by atoms with Crippen LogP contribution in [-0.2, 0) is 33.2 Å². The maximum absolute atomic E-state index is 6.68. The van der Waals surface area contributed by atoms with Gasteiger partial charge in [0.15, 0.2) is 25.2 Å². The van der Waals surface area contributed by atoms with Gasteiger partial charge in [0, 0.05) is 26.4 Å². The molecule has 0 heterocycles. The van der Waals surface area contributed by atoms with Gasteiger partial charge in [-0.3, -0.25) is 0 Å². The van der Waals surface area contributed by atoms with Crippen molar-refractivity contribution in [3.63, 3.8) is 0 Å². The summed E-state index contributed by atoms with van der Waals surface area (Å²) in [4.78, 5) is 0. The summed E-state index contributed by atoms with van der Waals surface area (Å²) in [6.45, 7) is 18.7. The van der Waals surface area contributed by atoms with Gasteiger partial charge in [0.2, 0.25) is 0 Å². The summed E-state index contributed by atoms with van der Waals surface area (Å²) < 4.78 is 45.0. The molecular formula is C82H162O7. The number of hydrogen-bond acceptors (Lipinski definition) is 7. The summed E-state index contributed by atoms with van der Waals surface area (Å²) >= 11 is 0. The van der Waals surface area contributed by atoms with E-state index in [4.69, 9.17) is 33.2 Å². The van der Waals surface area contributed by atoms with Crippen LogP contribution in [0.1, 0.15) is 440 Å². The zero-order valence-electron chi connectivity index (χ0n) is 61.6. The first kappa shape index (κ1) is 88.2. The van der Waals surface area contributed by atoms with Crippen molar-refractivity contribution in [2.24, 2.45) is 0 Å². The lowest BCUT2D eigenvalue weighted by atomic mass is 10.1. The van der Waals surface area contributed by atoms with Crippen molar-refractivity contribution in [2.75, 3.05) is 39.6 Å². The highest BCUT2D eigenvalue weighted by molar-refractivity contribution is 4.90. The molecule has 0 N–H and O–H groups in total. The fourth-order valence-corrected chi connectivity index (χ4v) is 12.1. The molecule has 0 saturated carbocycles. The first-order chi connectivity index (χ1) is 44.1. The maximum Gasteiger partial charge on any atom is 0.180 e. The summed E-state index contributed by atoms with van der Waals surface area (Å²) in [6.07, 6.45) is 88.1. The van der Waals surface area contributed by atoms with E-state index >= 15 is 0 Å². The Morgan fingerprint density at radius 2 is 0.371 bits per heavy atom. The van der Waals surface area contributed by atoms with E-state index in [1.165, 1.54) is 360 Å². The van der Waals surface area contributed by atoms with Gasteiger partial charge in [-0.2, -0.15) is 0 Å². The van der Waals surface area contributed by atoms with Crippen LogP contribution >= 0.6 is 0 Å². The van der Waals surface area contributed by atoms with Crippen molar-refractivity contribution in [3.8, 4) is 0 Å². The third-order valence-corrected chi connectivity index (χ3v) is 18.2. The highest BCUT2D eigenvalue weighted by Crippen LogP contribution is 2.20. The average Bonchev–Trinajstić information content (AvgIpc) is 3.64. The van der Waals surface area contributed by atoms with Gasteiger partial charge in [-0.15, -0.1) is 0 Å². The molecule has 0 aliphatic carbocycles. The highest BCUT2D eigenvalue weighted by atomic mass is 16.8. The Morgan fingerprint density at radius 3 is 0.596 bits per heavy atom. The first-order valence-electron chi connectivity index (χ1n) is 40.8. The summed E-state index contributed by atoms with van der Waals surface area (Å²) in [7, 11) is 0. The SMILES string of the molecule is CCCCCCCCCOC(CCCCCCCCCCCC=CC(OCCCCCCCC)OC(C=CCCCCCCCCCCCC(OCCCCCCCCC)OCCCCCCCCC)OCCCCCCCC)OCCCCCCCCC. The molecule has 0 aliphatic heterocycles. The largest absolute Gasteiger partial charge is 0.353 e. The molecule has 0 saturated heterocycles. The Kier molecular flexibility index (Phi) is 78.9. The van der Waals surface area contributed by atoms with Crippen LogP contribution in [0, 0.1) is 0 Å². The average molecular weight is 1260 g/mol. The van der Waals surface area contributed by atoms with Gasteiger partial charge in [0.05, 0.1) is 13.2 Å². The summed E-state index contributed by atoms with van der Waals surface area (Å²) in [6, 6.07) is 0. The Balaban J connectivity index is 4.92. The van der Waals surface area contributed by atoms with Crippen molar-refractivity contribution in [2.45, 2.75) is 465 Å². The zero-order chi connectivity index (χ0) is 64.2. The predicted octanol–water partition coefficient (Wildman–Crippen LogP) is 27.8. The zero-order valence-corrected chi connectivity index (χ0v) is 61.6. The molecule has 0 aliphatic rings. The lowest BCUT2D eigenvalue weighted by Crippen LogP contribution is -2.25. The van der Waals surface area contributed by atoms with Crippen LogP contribution in [0.2, 0.25) is 0 Å². The number of rotatable bonds is 80. The monoisotopic (exact) mass is 1260 g/mol. The molecule has 0 radical (unpaired) electrons. The van der Waals surface area contributed by atoms with Crippen molar-refractivity contribution in [3.05, 3.63) is 24.3 Å². The topological polar surface area (TPSA) is 64.6 Å². The minimum Gasteiger partial charge on any atom is -0.353 e. The van der Waals surface area contributed by atoms with Crippen molar-refractivity contribution in [1.82, 2.24) is 0 Å². The quantitative estimate of drug-likeness (QED) is 0.0341. The molecule has 0 spiro atoms. The first-order valence-corrected chi connectivity index (χ1v) is 40.8. The van der Waals surface area contributed by atoms with Crippen LogP contribution in [0.25, 0.3) is 0 Å². The molecule has 0 fully saturated rings. The third kappa shape index (κ3) is 72.9. The molecule has 2 unspecified atom stereocenters. The molecule has 0 aromatic carbocycles. The molecule has 7 nitrogen and oxygen atoms in total. The van der Waals surface area contributed by atoms with Crippen molar-refractivity contribution < 1.29 is 33.2 Å². The summed E-state index contributed by atoms with van der Waals surface area (Å²) in [5.74, 6) is 0. The van der Waals surface area contributed by atoms with Gasteiger partial charge in [0.1, 0.15) is 0 Å². The van der Waals surface area contributed by atoms with E-state index in [0.29, 0.717) is 0 Å². The molecule has 7 heteroatoms. The summed E-state index contributed by atoms with van der Waals surface area (Å²) in [5.41, 5.74) is 0. The lowest BCUT2D eigenvalue weighted by molar-refractivity contribution is -0.208. The van der Waals surface area contributed by atoms with E-state index in [9.17, 15) is 0 Å². The minimum absolute atomic E-state index is 0.00772. The predicted molar refractivity (Wildman–Crippen MR) is 391 cm³/mol. The van der Waals surface area contributed by atoms with E-state index in [1.807, 2.05) is 0 Å². The third-order valence-electron chi connectivity index (χ3n) is 18.2. The van der Waals surface area contributed by atoms with Crippen LogP contribution < -0.4 is 0 Å². The van der Waals surface area contributed by atoms with Gasteiger partial charge in [-0.05, 0) is 102 Å². The smallest absolute Gasteiger partial charge is 0.180 e. The van der Waals surface area contributed by atoms with E-state index in [-0.39, 0.29) is 25.2 Å². The second-order valence-corrected chi connectivity index (χ2v) is 27.4. The second-order valence-electron chi connectivity index (χ2n) is 27.4. The van der Waals surface area contributed by atoms with Crippen LogP contribution in [0.4, 0.5) is 0 Å². The Bertz CT molecular complexity index is 1170. The Labute approximate surface area is 559 Å². The lowest BCUT2D eigenvalue weighted by Gasteiger charge is -2.22. The molecule has 0 rings (SSSR count). The standard InChI is InChI=1S/C82H162O7/c1-7-13-19-25-45-55-63-73-83-79(84-74-64-56-46-26-20-14-8-2)69-59-49-41-37-33-31-35-39-43-51-61-71-81(87-77-67-53-29-23-17-11-5)89-82(88-78-68-54-30-24-18-12-6)72-62-52-44-40-36-32-34-38-42-50-60-70-80(85-75-65-57-47-27-21-15-9-3)86-76-66-58-48-28-22-16-10-4/h61-62,71-72,79-82H,7-60,63-70,73-78H2,1-6H3. The second kappa shape index (κ2) is 79.6. The van der Waals surface area contributed by atoms with Crippen molar-refractivity contribution in [1.29, 1.82) is 0 Å². The van der Waals surface area contributed by atoms with Gasteiger partial charge in [-0.25, -0.2) is 0 Å². The molecule has 0 amide bonds. The Morgan fingerprint density at radius 1 is 0.191 bits per heavy atom.